The molecule has 1 aromatic rings. The number of fused-ring (bicyclic) bond motifs is 2. The summed E-state index contributed by atoms with van der Waals surface area (Å²) in [6.45, 7) is 2.53. The highest BCUT2D eigenvalue weighted by Gasteiger charge is 2.34. The molecular formula is C18H24N2O2. The lowest BCUT2D eigenvalue weighted by molar-refractivity contribution is 0.0954. The fourth-order valence-electron chi connectivity index (χ4n) is 3.53. The number of nitrogens with one attached hydrogen (secondary N) is 2. The van der Waals surface area contributed by atoms with E-state index in [-0.39, 0.29) is 5.91 Å². The van der Waals surface area contributed by atoms with Crippen molar-refractivity contribution in [1.82, 2.24) is 10.6 Å². The van der Waals surface area contributed by atoms with Crippen molar-refractivity contribution in [1.29, 1.82) is 0 Å². The second-order valence-corrected chi connectivity index (χ2v) is 6.23. The predicted octanol–water partition coefficient (Wildman–Crippen LogP) is 2.23. The fourth-order valence-corrected chi connectivity index (χ4v) is 3.53. The Morgan fingerprint density at radius 2 is 2.00 bits per heavy atom. The zero-order valence-corrected chi connectivity index (χ0v) is 13.0. The number of allylic oxidation sites excluding steroid dienone is 2. The van der Waals surface area contributed by atoms with Gasteiger partial charge in [0.05, 0.1) is 7.11 Å². The number of methoxy groups -OCH3 is 1. The Labute approximate surface area is 131 Å². The lowest BCUT2D eigenvalue weighted by atomic mass is 9.94. The number of amides is 1. The van der Waals surface area contributed by atoms with Gasteiger partial charge in [-0.1, -0.05) is 12.2 Å². The molecule has 4 nitrogen and oxygen atoms in total. The molecule has 0 saturated heterocycles. The first-order chi connectivity index (χ1) is 10.8. The third kappa shape index (κ3) is 3.50. The molecule has 1 aromatic carbocycles. The zero-order chi connectivity index (χ0) is 15.4. The van der Waals surface area contributed by atoms with Gasteiger partial charge in [-0.05, 0) is 61.4 Å². The van der Waals surface area contributed by atoms with Gasteiger partial charge in [0.1, 0.15) is 5.75 Å². The standard InChI is InChI=1S/C18H24N2O2/c1-22-17-6-4-14(5-7-17)18(21)20-9-8-19-12-16-11-13-2-3-15(16)10-13/h2-7,13,15-16,19H,8-12H2,1H3,(H,20,21). The highest BCUT2D eigenvalue weighted by Crippen LogP contribution is 2.42. The molecule has 1 amide bonds. The highest BCUT2D eigenvalue weighted by molar-refractivity contribution is 5.94. The number of hydrogen-bond donors (Lipinski definition) is 2. The molecular weight excluding hydrogens is 276 g/mol. The summed E-state index contributed by atoms with van der Waals surface area (Å²) in [5.74, 6) is 3.12. The topological polar surface area (TPSA) is 50.4 Å². The Hall–Kier alpha value is -1.81. The summed E-state index contributed by atoms with van der Waals surface area (Å²) in [4.78, 5) is 12.0. The van der Waals surface area contributed by atoms with Gasteiger partial charge in [0.25, 0.3) is 5.91 Å². The lowest BCUT2D eigenvalue weighted by Crippen LogP contribution is -2.34. The van der Waals surface area contributed by atoms with Crippen LogP contribution in [0.15, 0.2) is 36.4 Å². The molecule has 3 atom stereocenters. The van der Waals surface area contributed by atoms with E-state index in [1.54, 1.807) is 31.4 Å². The van der Waals surface area contributed by atoms with Gasteiger partial charge in [0, 0.05) is 18.7 Å². The average molecular weight is 300 g/mol. The van der Waals surface area contributed by atoms with Crippen LogP contribution in [0.5, 0.6) is 5.75 Å². The molecule has 0 spiro atoms. The van der Waals surface area contributed by atoms with Crippen LogP contribution in [0.2, 0.25) is 0 Å². The molecule has 0 radical (unpaired) electrons. The zero-order valence-electron chi connectivity index (χ0n) is 13.0. The maximum atomic E-state index is 12.0. The molecule has 0 aromatic heterocycles. The Kier molecular flexibility index (Phi) is 4.78. The smallest absolute Gasteiger partial charge is 0.251 e. The van der Waals surface area contributed by atoms with Crippen LogP contribution in [0.25, 0.3) is 0 Å². The summed E-state index contributed by atoms with van der Waals surface area (Å²) in [5, 5.41) is 6.41. The summed E-state index contributed by atoms with van der Waals surface area (Å²) < 4.78 is 5.09. The lowest BCUT2D eigenvalue weighted by Gasteiger charge is -2.18. The van der Waals surface area contributed by atoms with Gasteiger partial charge in [0.2, 0.25) is 0 Å². The van der Waals surface area contributed by atoms with Gasteiger partial charge in [-0.15, -0.1) is 0 Å². The molecule has 0 aliphatic heterocycles. The quantitative estimate of drug-likeness (QED) is 0.600. The van der Waals surface area contributed by atoms with Crippen molar-refractivity contribution in [2.45, 2.75) is 12.8 Å². The van der Waals surface area contributed by atoms with Crippen molar-refractivity contribution in [3.63, 3.8) is 0 Å². The number of benzene rings is 1. The molecule has 2 aliphatic carbocycles. The summed E-state index contributed by atoms with van der Waals surface area (Å²) in [6, 6.07) is 7.16. The van der Waals surface area contributed by atoms with Crippen LogP contribution in [0.3, 0.4) is 0 Å². The number of rotatable bonds is 7. The first-order valence-electron chi connectivity index (χ1n) is 8.07. The molecule has 3 unspecified atom stereocenters. The fraction of sp³-hybridized carbons (Fsp3) is 0.500. The van der Waals surface area contributed by atoms with Crippen LogP contribution < -0.4 is 15.4 Å². The summed E-state index contributed by atoms with van der Waals surface area (Å²) in [5.41, 5.74) is 0.666. The van der Waals surface area contributed by atoms with Crippen LogP contribution in [-0.2, 0) is 0 Å². The van der Waals surface area contributed by atoms with Crippen LogP contribution in [0.4, 0.5) is 0 Å². The average Bonchev–Trinajstić information content (AvgIpc) is 3.17. The summed E-state index contributed by atoms with van der Waals surface area (Å²) in [7, 11) is 1.62. The number of carbonyl (C=O) groups excluding carboxylic acids is 1. The molecule has 0 heterocycles. The number of carbonyl (C=O) groups is 1. The van der Waals surface area contributed by atoms with Crippen molar-refractivity contribution >= 4 is 5.91 Å². The minimum absolute atomic E-state index is 0.0349. The highest BCUT2D eigenvalue weighted by atomic mass is 16.5. The SMILES string of the molecule is COc1ccc(C(=O)NCCNCC2CC3C=CC2C3)cc1. The Morgan fingerprint density at radius 3 is 2.64 bits per heavy atom. The van der Waals surface area contributed by atoms with Crippen molar-refractivity contribution in [2.24, 2.45) is 17.8 Å². The predicted molar refractivity (Wildman–Crippen MR) is 87.0 cm³/mol. The Bertz CT molecular complexity index is 539. The Morgan fingerprint density at radius 1 is 1.18 bits per heavy atom. The molecule has 1 saturated carbocycles. The summed E-state index contributed by atoms with van der Waals surface area (Å²) in [6.07, 6.45) is 7.43. The third-order valence-corrected chi connectivity index (χ3v) is 4.76. The van der Waals surface area contributed by atoms with Crippen molar-refractivity contribution in [3.8, 4) is 5.75 Å². The van der Waals surface area contributed by atoms with E-state index in [4.69, 9.17) is 4.74 Å². The largest absolute Gasteiger partial charge is 0.497 e. The van der Waals surface area contributed by atoms with Gasteiger partial charge in [-0.3, -0.25) is 4.79 Å². The van der Waals surface area contributed by atoms with Crippen LogP contribution >= 0.6 is 0 Å². The second-order valence-electron chi connectivity index (χ2n) is 6.23. The minimum Gasteiger partial charge on any atom is -0.497 e. The first kappa shape index (κ1) is 15.1. The van der Waals surface area contributed by atoms with Crippen LogP contribution in [-0.4, -0.2) is 32.7 Å². The summed E-state index contributed by atoms with van der Waals surface area (Å²) >= 11 is 0. The van der Waals surface area contributed by atoms with Crippen LogP contribution in [0.1, 0.15) is 23.2 Å². The second kappa shape index (κ2) is 6.97. The molecule has 2 bridgehead atoms. The van der Waals surface area contributed by atoms with E-state index >= 15 is 0 Å². The van der Waals surface area contributed by atoms with E-state index in [2.05, 4.69) is 22.8 Å². The van der Waals surface area contributed by atoms with E-state index in [9.17, 15) is 4.79 Å². The van der Waals surface area contributed by atoms with E-state index in [1.165, 1.54) is 12.8 Å². The minimum atomic E-state index is -0.0349. The van der Waals surface area contributed by atoms with Gasteiger partial charge < -0.3 is 15.4 Å². The van der Waals surface area contributed by atoms with Gasteiger partial charge in [0.15, 0.2) is 0 Å². The van der Waals surface area contributed by atoms with Gasteiger partial charge >= 0.3 is 0 Å². The van der Waals surface area contributed by atoms with Gasteiger partial charge in [-0.2, -0.15) is 0 Å². The first-order valence-corrected chi connectivity index (χ1v) is 8.07. The number of ether oxygens (including phenoxy) is 1. The molecule has 2 aliphatic rings. The van der Waals surface area contributed by atoms with Gasteiger partial charge in [-0.25, -0.2) is 0 Å². The normalized spacial score (nSPS) is 25.4. The Balaban J connectivity index is 1.32. The van der Waals surface area contributed by atoms with E-state index in [1.807, 2.05) is 0 Å². The maximum absolute atomic E-state index is 12.0. The van der Waals surface area contributed by atoms with Crippen LogP contribution in [0, 0.1) is 17.8 Å². The van der Waals surface area contributed by atoms with E-state index in [0.717, 1.165) is 36.6 Å². The maximum Gasteiger partial charge on any atom is 0.251 e. The molecule has 118 valence electrons. The van der Waals surface area contributed by atoms with Crippen molar-refractivity contribution < 1.29 is 9.53 Å². The third-order valence-electron chi connectivity index (χ3n) is 4.76. The van der Waals surface area contributed by atoms with E-state index < -0.39 is 0 Å². The molecule has 4 heteroatoms. The van der Waals surface area contributed by atoms with Crippen molar-refractivity contribution in [2.75, 3.05) is 26.7 Å². The molecule has 1 fully saturated rings. The van der Waals surface area contributed by atoms with Crippen molar-refractivity contribution in [3.05, 3.63) is 42.0 Å². The molecule has 3 rings (SSSR count). The number of hydrogen-bond acceptors (Lipinski definition) is 3. The van der Waals surface area contributed by atoms with E-state index in [0.29, 0.717) is 12.1 Å². The molecule has 2 N–H and O–H groups in total. The monoisotopic (exact) mass is 300 g/mol. The molecule has 22 heavy (non-hydrogen) atoms.